The maximum absolute atomic E-state index is 5.51. The summed E-state index contributed by atoms with van der Waals surface area (Å²) in [6.07, 6.45) is 2.68. The lowest BCUT2D eigenvalue weighted by atomic mass is 10.1. The smallest absolute Gasteiger partial charge is 0.203 e. The summed E-state index contributed by atoms with van der Waals surface area (Å²) < 4.78 is 16.5. The molecule has 0 amide bonds. The number of aliphatic imine (C=N–C) groups is 1. The van der Waals surface area contributed by atoms with E-state index in [9.17, 15) is 0 Å². The molecule has 1 unspecified atom stereocenters. The van der Waals surface area contributed by atoms with E-state index < -0.39 is 0 Å². The monoisotopic (exact) mass is 447 g/mol. The molecule has 32 heavy (non-hydrogen) atoms. The minimum Gasteiger partial charge on any atom is -0.493 e. The average molecular weight is 448 g/mol. The van der Waals surface area contributed by atoms with Crippen LogP contribution in [0.4, 0.5) is 0 Å². The molecule has 1 heterocycles. The van der Waals surface area contributed by atoms with Gasteiger partial charge in [-0.2, -0.15) is 0 Å². The number of likely N-dealkylation sites (N-methyl/N-ethyl adjacent to an activating group) is 1. The normalized spacial score (nSPS) is 18.6. The number of guanidine groups is 1. The molecule has 1 aromatic carbocycles. The number of ether oxygens (including phenoxy) is 3. The highest BCUT2D eigenvalue weighted by Gasteiger charge is 2.32. The minimum atomic E-state index is 0.546. The van der Waals surface area contributed by atoms with Gasteiger partial charge in [0.05, 0.1) is 27.9 Å². The van der Waals surface area contributed by atoms with E-state index in [2.05, 4.69) is 41.0 Å². The summed E-state index contributed by atoms with van der Waals surface area (Å²) in [5.41, 5.74) is 1.16. The molecule has 8 nitrogen and oxygen atoms in total. The molecule has 1 atom stereocenters. The standard InChI is InChI=1S/C24H41N5O3/c1-7-25-24(26-16-20(27(2)3)19-8-9-19)29-12-10-28(11-13-29)17-18-14-21(30-4)23(32-6)22(15-18)31-5/h14-15,19-20H,7-13,16-17H2,1-6H3,(H,25,26). The quantitative estimate of drug-likeness (QED) is 0.436. The lowest BCUT2D eigenvalue weighted by Gasteiger charge is -2.37. The third kappa shape index (κ3) is 6.19. The van der Waals surface area contributed by atoms with Crippen molar-refractivity contribution in [1.29, 1.82) is 0 Å². The fourth-order valence-corrected chi connectivity index (χ4v) is 4.42. The molecule has 180 valence electrons. The molecule has 1 saturated heterocycles. The number of rotatable bonds is 10. The summed E-state index contributed by atoms with van der Waals surface area (Å²) in [6, 6.07) is 4.63. The van der Waals surface area contributed by atoms with Crippen LogP contribution < -0.4 is 19.5 Å². The summed E-state index contributed by atoms with van der Waals surface area (Å²) in [5.74, 6) is 3.90. The number of nitrogens with zero attached hydrogens (tertiary/aromatic N) is 4. The van der Waals surface area contributed by atoms with Crippen LogP contribution in [0.25, 0.3) is 0 Å². The van der Waals surface area contributed by atoms with Crippen molar-refractivity contribution in [2.75, 3.05) is 74.7 Å². The van der Waals surface area contributed by atoms with Crippen molar-refractivity contribution in [2.24, 2.45) is 10.9 Å². The van der Waals surface area contributed by atoms with Gasteiger partial charge in [-0.15, -0.1) is 0 Å². The fraction of sp³-hybridized carbons (Fsp3) is 0.708. The van der Waals surface area contributed by atoms with Crippen LogP contribution in [0.2, 0.25) is 0 Å². The molecule has 0 radical (unpaired) electrons. The molecule has 2 fully saturated rings. The highest BCUT2D eigenvalue weighted by atomic mass is 16.5. The molecule has 0 spiro atoms. The minimum absolute atomic E-state index is 0.546. The third-order valence-corrected chi connectivity index (χ3v) is 6.39. The lowest BCUT2D eigenvalue weighted by molar-refractivity contribution is 0.171. The van der Waals surface area contributed by atoms with Crippen molar-refractivity contribution in [2.45, 2.75) is 32.4 Å². The van der Waals surface area contributed by atoms with Crippen molar-refractivity contribution in [1.82, 2.24) is 20.0 Å². The molecule has 1 aliphatic heterocycles. The van der Waals surface area contributed by atoms with Crippen molar-refractivity contribution in [3.8, 4) is 17.2 Å². The first-order valence-corrected chi connectivity index (χ1v) is 11.7. The number of hydrogen-bond acceptors (Lipinski definition) is 6. The van der Waals surface area contributed by atoms with Crippen molar-refractivity contribution >= 4 is 5.96 Å². The molecule has 2 aliphatic rings. The first kappa shape index (κ1) is 24.5. The second-order valence-corrected chi connectivity index (χ2v) is 8.86. The van der Waals surface area contributed by atoms with Crippen molar-refractivity contribution in [3.05, 3.63) is 17.7 Å². The highest BCUT2D eigenvalue weighted by molar-refractivity contribution is 5.80. The van der Waals surface area contributed by atoms with Gasteiger partial charge in [-0.1, -0.05) is 0 Å². The first-order valence-electron chi connectivity index (χ1n) is 11.7. The Hall–Kier alpha value is -2.19. The van der Waals surface area contributed by atoms with Crippen LogP contribution >= 0.6 is 0 Å². The Balaban J connectivity index is 1.60. The van der Waals surface area contributed by atoms with E-state index in [4.69, 9.17) is 19.2 Å². The van der Waals surface area contributed by atoms with Crippen molar-refractivity contribution in [3.63, 3.8) is 0 Å². The highest BCUT2D eigenvalue weighted by Crippen LogP contribution is 2.38. The third-order valence-electron chi connectivity index (χ3n) is 6.39. The molecule has 0 aromatic heterocycles. The van der Waals surface area contributed by atoms with Crippen LogP contribution in [0.15, 0.2) is 17.1 Å². The Morgan fingerprint density at radius 3 is 2.16 bits per heavy atom. The Labute approximate surface area is 193 Å². The van der Waals surface area contributed by atoms with E-state index in [0.29, 0.717) is 23.3 Å². The number of hydrogen-bond donors (Lipinski definition) is 1. The fourth-order valence-electron chi connectivity index (χ4n) is 4.42. The van der Waals surface area contributed by atoms with Gasteiger partial charge in [0, 0.05) is 45.3 Å². The van der Waals surface area contributed by atoms with Gasteiger partial charge < -0.3 is 29.3 Å². The Morgan fingerprint density at radius 2 is 1.69 bits per heavy atom. The zero-order valence-electron chi connectivity index (χ0n) is 20.7. The number of methoxy groups -OCH3 is 3. The SMILES string of the molecule is CCNC(=NCC(C1CC1)N(C)C)N1CCN(Cc2cc(OC)c(OC)c(OC)c2)CC1. The molecule has 1 aromatic rings. The number of piperazine rings is 1. The maximum Gasteiger partial charge on any atom is 0.203 e. The number of nitrogens with one attached hydrogen (secondary N) is 1. The summed E-state index contributed by atoms with van der Waals surface area (Å²) in [4.78, 5) is 12.2. The summed E-state index contributed by atoms with van der Waals surface area (Å²) >= 11 is 0. The summed E-state index contributed by atoms with van der Waals surface area (Å²) in [6.45, 7) is 8.65. The summed E-state index contributed by atoms with van der Waals surface area (Å²) in [7, 11) is 9.30. The van der Waals surface area contributed by atoms with Gasteiger partial charge in [0.25, 0.3) is 0 Å². The second-order valence-electron chi connectivity index (χ2n) is 8.86. The van der Waals surface area contributed by atoms with Gasteiger partial charge >= 0.3 is 0 Å². The topological polar surface area (TPSA) is 61.8 Å². The van der Waals surface area contributed by atoms with E-state index in [1.165, 1.54) is 12.8 Å². The van der Waals surface area contributed by atoms with Crippen LogP contribution in [0.5, 0.6) is 17.2 Å². The van der Waals surface area contributed by atoms with Crippen molar-refractivity contribution < 1.29 is 14.2 Å². The molecular weight excluding hydrogens is 406 g/mol. The van der Waals surface area contributed by atoms with Gasteiger partial charge in [-0.3, -0.25) is 9.89 Å². The Morgan fingerprint density at radius 1 is 1.06 bits per heavy atom. The van der Waals surface area contributed by atoms with Gasteiger partial charge in [0.1, 0.15) is 0 Å². The molecular formula is C24H41N5O3. The molecule has 1 N–H and O–H groups in total. The van der Waals surface area contributed by atoms with E-state index in [0.717, 1.165) is 63.3 Å². The van der Waals surface area contributed by atoms with E-state index in [-0.39, 0.29) is 0 Å². The molecule has 1 saturated carbocycles. The molecule has 3 rings (SSSR count). The number of benzene rings is 1. The van der Waals surface area contributed by atoms with Gasteiger partial charge in [-0.25, -0.2) is 0 Å². The maximum atomic E-state index is 5.51. The molecule has 8 heteroatoms. The van der Waals surface area contributed by atoms with Crippen LogP contribution in [-0.2, 0) is 6.54 Å². The van der Waals surface area contributed by atoms with E-state index >= 15 is 0 Å². The predicted octanol–water partition coefficient (Wildman–Crippen LogP) is 2.14. The Bertz CT molecular complexity index is 731. The molecule has 1 aliphatic carbocycles. The van der Waals surface area contributed by atoms with Crippen LogP contribution in [-0.4, -0.2) is 101 Å². The van der Waals surface area contributed by atoms with Crippen LogP contribution in [0, 0.1) is 5.92 Å². The predicted molar refractivity (Wildman–Crippen MR) is 129 cm³/mol. The Kier molecular flexibility index (Phi) is 8.87. The zero-order chi connectivity index (χ0) is 23.1. The van der Waals surface area contributed by atoms with Crippen LogP contribution in [0.1, 0.15) is 25.3 Å². The summed E-state index contributed by atoms with van der Waals surface area (Å²) in [5, 5.41) is 3.51. The average Bonchev–Trinajstić information content (AvgIpc) is 3.63. The molecule has 0 bridgehead atoms. The van der Waals surface area contributed by atoms with Gasteiger partial charge in [-0.05, 0) is 57.5 Å². The van der Waals surface area contributed by atoms with Gasteiger partial charge in [0.2, 0.25) is 5.75 Å². The van der Waals surface area contributed by atoms with E-state index in [1.54, 1.807) is 21.3 Å². The van der Waals surface area contributed by atoms with Crippen LogP contribution in [0.3, 0.4) is 0 Å². The first-order chi connectivity index (χ1) is 15.5. The van der Waals surface area contributed by atoms with E-state index in [1.807, 2.05) is 12.1 Å². The van der Waals surface area contributed by atoms with Gasteiger partial charge in [0.15, 0.2) is 17.5 Å². The second kappa shape index (κ2) is 11.6. The zero-order valence-corrected chi connectivity index (χ0v) is 20.7. The lowest BCUT2D eigenvalue weighted by Crippen LogP contribution is -2.52. The largest absolute Gasteiger partial charge is 0.493 e.